The van der Waals surface area contributed by atoms with Crippen molar-refractivity contribution in [1.82, 2.24) is 4.98 Å². The minimum atomic E-state index is -0.615. The molecule has 0 aliphatic rings. The van der Waals surface area contributed by atoms with Crippen molar-refractivity contribution in [2.45, 2.75) is 0 Å². The standard InChI is InChI=1S/C12H9FN4O2/c13-9-3-1-8(2-4-9)7-15-11-6-5-10(17(18)19)12(14)16-11/h1-7H,(H2,14,16). The summed E-state index contributed by atoms with van der Waals surface area (Å²) in [7, 11) is 0. The normalized spacial score (nSPS) is 10.8. The van der Waals surface area contributed by atoms with E-state index in [0.29, 0.717) is 5.56 Å². The summed E-state index contributed by atoms with van der Waals surface area (Å²) in [5.41, 5.74) is 5.85. The lowest BCUT2D eigenvalue weighted by atomic mass is 10.2. The minimum absolute atomic E-state index is 0.196. The molecule has 2 rings (SSSR count). The zero-order valence-electron chi connectivity index (χ0n) is 9.65. The van der Waals surface area contributed by atoms with Gasteiger partial charge in [-0.15, -0.1) is 0 Å². The molecule has 0 saturated carbocycles. The van der Waals surface area contributed by atoms with Crippen LogP contribution in [0, 0.1) is 15.9 Å². The van der Waals surface area contributed by atoms with E-state index in [9.17, 15) is 14.5 Å². The van der Waals surface area contributed by atoms with Gasteiger partial charge in [0.25, 0.3) is 0 Å². The third-order valence-corrected chi connectivity index (χ3v) is 2.30. The quantitative estimate of drug-likeness (QED) is 0.521. The fraction of sp³-hybridized carbons (Fsp3) is 0. The molecule has 19 heavy (non-hydrogen) atoms. The molecule has 0 amide bonds. The predicted octanol–water partition coefficient (Wildman–Crippen LogP) is 2.46. The second-order valence-corrected chi connectivity index (χ2v) is 3.64. The number of anilines is 1. The van der Waals surface area contributed by atoms with Gasteiger partial charge in [-0.05, 0) is 23.8 Å². The van der Waals surface area contributed by atoms with Gasteiger partial charge in [0.2, 0.25) is 5.82 Å². The SMILES string of the molecule is Nc1nc(N=Cc2ccc(F)cc2)ccc1[N+](=O)[O-]. The number of rotatable bonds is 3. The van der Waals surface area contributed by atoms with E-state index < -0.39 is 4.92 Å². The maximum atomic E-state index is 12.7. The van der Waals surface area contributed by atoms with Crippen molar-refractivity contribution in [1.29, 1.82) is 0 Å². The molecule has 0 aliphatic carbocycles. The van der Waals surface area contributed by atoms with Crippen LogP contribution in [0.15, 0.2) is 41.4 Å². The fourth-order valence-corrected chi connectivity index (χ4v) is 1.37. The highest BCUT2D eigenvalue weighted by molar-refractivity contribution is 5.81. The maximum Gasteiger partial charge on any atom is 0.311 e. The molecule has 1 aromatic heterocycles. The summed E-state index contributed by atoms with van der Waals surface area (Å²) in [6.45, 7) is 0. The van der Waals surface area contributed by atoms with E-state index in [1.165, 1.54) is 30.5 Å². The van der Waals surface area contributed by atoms with E-state index in [-0.39, 0.29) is 23.1 Å². The molecule has 96 valence electrons. The molecule has 2 aromatic rings. The number of aromatic nitrogens is 1. The molecule has 0 saturated heterocycles. The van der Waals surface area contributed by atoms with E-state index in [1.807, 2.05) is 0 Å². The summed E-state index contributed by atoms with van der Waals surface area (Å²) in [5, 5.41) is 10.6. The molecule has 1 aromatic carbocycles. The van der Waals surface area contributed by atoms with E-state index in [1.54, 1.807) is 12.1 Å². The topological polar surface area (TPSA) is 94.4 Å². The molecular formula is C12H9FN4O2. The molecule has 6 nitrogen and oxygen atoms in total. The molecule has 0 aliphatic heterocycles. The van der Waals surface area contributed by atoms with Gasteiger partial charge in [0.05, 0.1) is 4.92 Å². The van der Waals surface area contributed by atoms with E-state index >= 15 is 0 Å². The van der Waals surface area contributed by atoms with Crippen molar-refractivity contribution < 1.29 is 9.31 Å². The molecule has 0 bridgehead atoms. The number of nitrogen functional groups attached to an aromatic ring is 1. The number of hydrogen-bond acceptors (Lipinski definition) is 5. The molecule has 0 fully saturated rings. The Hall–Kier alpha value is -2.83. The highest BCUT2D eigenvalue weighted by atomic mass is 19.1. The zero-order chi connectivity index (χ0) is 13.8. The number of nitrogens with two attached hydrogens (primary N) is 1. The Kier molecular flexibility index (Phi) is 3.46. The first kappa shape index (κ1) is 12.6. The summed E-state index contributed by atoms with van der Waals surface area (Å²) in [5.74, 6) is -0.291. The van der Waals surface area contributed by atoms with Crippen molar-refractivity contribution in [2.24, 2.45) is 4.99 Å². The molecule has 1 heterocycles. The average Bonchev–Trinajstić information content (AvgIpc) is 2.37. The Labute approximate surface area is 107 Å². The summed E-state index contributed by atoms with van der Waals surface area (Å²) in [6, 6.07) is 8.33. The molecule has 2 N–H and O–H groups in total. The summed E-state index contributed by atoms with van der Waals surface area (Å²) < 4.78 is 12.7. The number of halogens is 1. The number of hydrogen-bond donors (Lipinski definition) is 1. The van der Waals surface area contributed by atoms with Crippen LogP contribution in [0.5, 0.6) is 0 Å². The van der Waals surface area contributed by atoms with Crippen molar-refractivity contribution in [2.75, 3.05) is 5.73 Å². The minimum Gasteiger partial charge on any atom is -0.378 e. The number of nitrogens with zero attached hydrogens (tertiary/aromatic N) is 3. The molecule has 7 heteroatoms. The van der Waals surface area contributed by atoms with Crippen LogP contribution in [0.1, 0.15) is 5.56 Å². The van der Waals surface area contributed by atoms with Gasteiger partial charge >= 0.3 is 5.69 Å². The van der Waals surface area contributed by atoms with E-state index in [0.717, 1.165) is 0 Å². The van der Waals surface area contributed by atoms with Crippen LogP contribution in [0.25, 0.3) is 0 Å². The van der Waals surface area contributed by atoms with Gasteiger partial charge in [-0.25, -0.2) is 14.4 Å². The molecule has 0 radical (unpaired) electrons. The fourth-order valence-electron chi connectivity index (χ4n) is 1.37. The number of nitro groups is 1. The second-order valence-electron chi connectivity index (χ2n) is 3.64. The second kappa shape index (κ2) is 5.21. The maximum absolute atomic E-state index is 12.7. The average molecular weight is 260 g/mol. The van der Waals surface area contributed by atoms with Gasteiger partial charge in [-0.3, -0.25) is 10.1 Å². The van der Waals surface area contributed by atoms with Gasteiger partial charge in [0.1, 0.15) is 5.82 Å². The van der Waals surface area contributed by atoms with Crippen LogP contribution in [-0.4, -0.2) is 16.1 Å². The van der Waals surface area contributed by atoms with E-state index in [4.69, 9.17) is 5.73 Å². The third kappa shape index (κ3) is 3.09. The van der Waals surface area contributed by atoms with E-state index in [2.05, 4.69) is 9.98 Å². The largest absolute Gasteiger partial charge is 0.378 e. The Balaban J connectivity index is 2.22. The predicted molar refractivity (Wildman–Crippen MR) is 69.0 cm³/mol. The van der Waals surface area contributed by atoms with Crippen LogP contribution >= 0.6 is 0 Å². The number of aliphatic imine (C=N–C) groups is 1. The van der Waals surface area contributed by atoms with Crippen LogP contribution in [0.2, 0.25) is 0 Å². The Morgan fingerprint density at radius 3 is 2.53 bits per heavy atom. The van der Waals surface area contributed by atoms with Crippen molar-refractivity contribution in [3.8, 4) is 0 Å². The highest BCUT2D eigenvalue weighted by Gasteiger charge is 2.12. The smallest absolute Gasteiger partial charge is 0.311 e. The summed E-state index contributed by atoms with van der Waals surface area (Å²) >= 11 is 0. The number of benzene rings is 1. The number of pyridine rings is 1. The Bertz CT molecular complexity index is 641. The monoisotopic (exact) mass is 260 g/mol. The zero-order valence-corrected chi connectivity index (χ0v) is 9.65. The van der Waals surface area contributed by atoms with Gasteiger partial charge in [0, 0.05) is 12.3 Å². The first-order valence-electron chi connectivity index (χ1n) is 5.27. The molecule has 0 unspecified atom stereocenters. The first-order chi connectivity index (χ1) is 9.06. The van der Waals surface area contributed by atoms with Crippen molar-refractivity contribution in [3.63, 3.8) is 0 Å². The van der Waals surface area contributed by atoms with Gasteiger partial charge in [-0.1, -0.05) is 12.1 Å². The van der Waals surface area contributed by atoms with Crippen molar-refractivity contribution >= 4 is 23.5 Å². The van der Waals surface area contributed by atoms with Gasteiger partial charge < -0.3 is 5.73 Å². The Morgan fingerprint density at radius 1 is 1.26 bits per heavy atom. The lowest BCUT2D eigenvalue weighted by Gasteiger charge is -1.97. The molecule has 0 spiro atoms. The summed E-state index contributed by atoms with van der Waals surface area (Å²) in [4.78, 5) is 17.7. The molecule has 0 atom stereocenters. The van der Waals surface area contributed by atoms with Crippen molar-refractivity contribution in [3.05, 3.63) is 57.9 Å². The highest BCUT2D eigenvalue weighted by Crippen LogP contribution is 2.22. The lowest BCUT2D eigenvalue weighted by molar-refractivity contribution is -0.384. The summed E-state index contributed by atoms with van der Waals surface area (Å²) in [6.07, 6.45) is 1.47. The van der Waals surface area contributed by atoms with Crippen LogP contribution < -0.4 is 5.73 Å². The third-order valence-electron chi connectivity index (χ3n) is 2.30. The lowest BCUT2D eigenvalue weighted by Crippen LogP contribution is -1.97. The van der Waals surface area contributed by atoms with Crippen LogP contribution in [-0.2, 0) is 0 Å². The van der Waals surface area contributed by atoms with Crippen LogP contribution in [0.4, 0.5) is 21.7 Å². The Morgan fingerprint density at radius 2 is 1.95 bits per heavy atom. The van der Waals surface area contributed by atoms with Gasteiger partial charge in [0.15, 0.2) is 5.82 Å². The van der Waals surface area contributed by atoms with Crippen LogP contribution in [0.3, 0.4) is 0 Å². The first-order valence-corrected chi connectivity index (χ1v) is 5.27. The van der Waals surface area contributed by atoms with Gasteiger partial charge in [-0.2, -0.15) is 0 Å². The molecular weight excluding hydrogens is 251 g/mol.